The molecule has 0 spiro atoms. The summed E-state index contributed by atoms with van der Waals surface area (Å²) in [4.78, 5) is 34.1. The zero-order chi connectivity index (χ0) is 28.2. The molecule has 0 atom stereocenters. The molecule has 5 heteroatoms. The van der Waals surface area contributed by atoms with Crippen molar-refractivity contribution in [3.63, 3.8) is 0 Å². The third-order valence-corrected chi connectivity index (χ3v) is 8.00. The Kier molecular flexibility index (Phi) is 5.37. The van der Waals surface area contributed by atoms with E-state index in [-0.39, 0.29) is 11.8 Å². The Morgan fingerprint density at radius 3 is 2.07 bits per heavy atom. The number of hydrogen-bond acceptors (Lipinski definition) is 3. The quantitative estimate of drug-likeness (QED) is 0.211. The predicted octanol–water partition coefficient (Wildman–Crippen LogP) is 8.31. The van der Waals surface area contributed by atoms with Crippen LogP contribution in [0.4, 0.5) is 5.69 Å². The van der Waals surface area contributed by atoms with E-state index in [1.54, 1.807) is 12.3 Å². The molecule has 0 radical (unpaired) electrons. The van der Waals surface area contributed by atoms with Gasteiger partial charge in [-0.3, -0.25) is 14.6 Å². The molecule has 0 bridgehead atoms. The number of fused-ring (bicyclic) bond motifs is 4. The lowest BCUT2D eigenvalue weighted by Gasteiger charge is -2.18. The highest BCUT2D eigenvalue weighted by molar-refractivity contribution is 6.36. The Balaban J connectivity index is 1.33. The van der Waals surface area contributed by atoms with Crippen molar-refractivity contribution in [2.75, 3.05) is 4.90 Å². The molecule has 0 fully saturated rings. The van der Waals surface area contributed by atoms with Crippen LogP contribution in [0.2, 0.25) is 0 Å². The van der Waals surface area contributed by atoms with E-state index >= 15 is 0 Å². The molecule has 0 saturated heterocycles. The summed E-state index contributed by atoms with van der Waals surface area (Å²) in [5.41, 5.74) is 7.65. The molecule has 2 aromatic heterocycles. The lowest BCUT2D eigenvalue weighted by molar-refractivity contribution is 0.0926. The Hall–Kier alpha value is -5.81. The molecular formula is C37H23N3O2. The fraction of sp³-hybridized carbons (Fsp3) is 0. The van der Waals surface area contributed by atoms with Crippen LogP contribution >= 0.6 is 0 Å². The molecule has 1 aliphatic heterocycles. The summed E-state index contributed by atoms with van der Waals surface area (Å²) < 4.78 is 2.10. The molecule has 3 heterocycles. The minimum atomic E-state index is -0.329. The van der Waals surface area contributed by atoms with Gasteiger partial charge in [0.05, 0.1) is 39.2 Å². The number of rotatable bonds is 4. The lowest BCUT2D eigenvalue weighted by Crippen LogP contribution is -2.30. The summed E-state index contributed by atoms with van der Waals surface area (Å²) in [6.07, 6.45) is 1.79. The normalized spacial score (nSPS) is 12.8. The Bertz CT molecular complexity index is 2180. The monoisotopic (exact) mass is 541 g/mol. The molecule has 0 aliphatic carbocycles. The zero-order valence-electron chi connectivity index (χ0n) is 22.4. The minimum Gasteiger partial charge on any atom is -0.308 e. The number of imide groups is 1. The number of pyridine rings is 1. The van der Waals surface area contributed by atoms with Crippen LogP contribution in [0.5, 0.6) is 0 Å². The van der Waals surface area contributed by atoms with Gasteiger partial charge in [-0.1, -0.05) is 84.9 Å². The zero-order valence-corrected chi connectivity index (χ0v) is 22.4. The van der Waals surface area contributed by atoms with Gasteiger partial charge in [-0.15, -0.1) is 0 Å². The Morgan fingerprint density at radius 1 is 0.500 bits per heavy atom. The van der Waals surface area contributed by atoms with E-state index in [1.165, 1.54) is 4.90 Å². The summed E-state index contributed by atoms with van der Waals surface area (Å²) >= 11 is 0. The summed E-state index contributed by atoms with van der Waals surface area (Å²) in [7, 11) is 0. The van der Waals surface area contributed by atoms with E-state index in [1.807, 2.05) is 97.1 Å². The van der Waals surface area contributed by atoms with Gasteiger partial charge in [0.15, 0.2) is 0 Å². The number of carbonyl (C=O) groups is 2. The number of nitrogens with zero attached hydrogens (tertiary/aromatic N) is 3. The standard InChI is InChI=1S/C37H23N3O2/c41-36-28-15-10-19-34(35(28)37(42)40(36)31-17-6-4-13-26(31)24-11-2-1-3-12-24)39-32-18-7-5-14-27(32)29-23-25(20-21-33(29)39)30-16-8-9-22-38-30/h1-23H. The molecular weight excluding hydrogens is 518 g/mol. The van der Waals surface area contributed by atoms with Gasteiger partial charge < -0.3 is 4.57 Å². The molecule has 8 rings (SSSR count). The van der Waals surface area contributed by atoms with Gasteiger partial charge in [0.1, 0.15) is 0 Å². The first-order chi connectivity index (χ1) is 20.7. The summed E-state index contributed by atoms with van der Waals surface area (Å²) in [5, 5.41) is 2.11. The van der Waals surface area contributed by atoms with Gasteiger partial charge in [-0.2, -0.15) is 0 Å². The van der Waals surface area contributed by atoms with Gasteiger partial charge in [0, 0.05) is 28.1 Å². The number of carbonyl (C=O) groups excluding carboxylic acids is 2. The maximum absolute atomic E-state index is 14.3. The number of para-hydroxylation sites is 2. The van der Waals surface area contributed by atoms with Crippen molar-refractivity contribution in [1.29, 1.82) is 0 Å². The molecule has 0 unspecified atom stereocenters. The van der Waals surface area contributed by atoms with E-state index in [0.29, 0.717) is 22.5 Å². The first kappa shape index (κ1) is 24.0. The Morgan fingerprint density at radius 2 is 1.21 bits per heavy atom. The third-order valence-electron chi connectivity index (χ3n) is 8.00. The largest absolute Gasteiger partial charge is 0.308 e. The molecule has 42 heavy (non-hydrogen) atoms. The first-order valence-electron chi connectivity index (χ1n) is 13.8. The van der Waals surface area contributed by atoms with Crippen molar-refractivity contribution in [3.8, 4) is 28.1 Å². The lowest BCUT2D eigenvalue weighted by atomic mass is 10.0. The topological polar surface area (TPSA) is 55.2 Å². The van der Waals surface area contributed by atoms with E-state index < -0.39 is 0 Å². The first-order valence-corrected chi connectivity index (χ1v) is 13.8. The SMILES string of the molecule is O=C1c2cccc(-n3c4ccccc4c4cc(-c5ccccn5)ccc43)c2C(=O)N1c1ccccc1-c1ccccc1. The average Bonchev–Trinajstić information content (AvgIpc) is 3.52. The van der Waals surface area contributed by atoms with Gasteiger partial charge in [-0.05, 0) is 54.1 Å². The minimum absolute atomic E-state index is 0.321. The van der Waals surface area contributed by atoms with Crippen molar-refractivity contribution in [3.05, 3.63) is 151 Å². The van der Waals surface area contributed by atoms with Gasteiger partial charge in [0.25, 0.3) is 11.8 Å². The van der Waals surface area contributed by atoms with Crippen LogP contribution < -0.4 is 4.90 Å². The van der Waals surface area contributed by atoms with Crippen LogP contribution in [0.1, 0.15) is 20.7 Å². The fourth-order valence-electron chi connectivity index (χ4n) is 6.13. The van der Waals surface area contributed by atoms with Crippen LogP contribution in [0.3, 0.4) is 0 Å². The molecule has 0 N–H and O–H groups in total. The second kappa shape index (κ2) is 9.39. The maximum atomic E-state index is 14.3. The third kappa shape index (κ3) is 3.54. The summed E-state index contributed by atoms with van der Waals surface area (Å²) in [6.45, 7) is 0. The molecule has 1 aliphatic rings. The Labute approximate surface area is 241 Å². The average molecular weight is 542 g/mol. The van der Waals surface area contributed by atoms with Gasteiger partial charge in [-0.25, -0.2) is 4.90 Å². The van der Waals surface area contributed by atoms with Crippen molar-refractivity contribution in [1.82, 2.24) is 9.55 Å². The van der Waals surface area contributed by atoms with Crippen LogP contribution in [0.15, 0.2) is 140 Å². The highest BCUT2D eigenvalue weighted by atomic mass is 16.2. The number of anilines is 1. The second-order valence-corrected chi connectivity index (χ2v) is 10.3. The predicted molar refractivity (Wildman–Crippen MR) is 167 cm³/mol. The van der Waals surface area contributed by atoms with Crippen LogP contribution in [-0.2, 0) is 0 Å². The van der Waals surface area contributed by atoms with Crippen molar-refractivity contribution in [2.24, 2.45) is 0 Å². The smallest absolute Gasteiger partial charge is 0.268 e. The number of hydrogen-bond donors (Lipinski definition) is 0. The highest BCUT2D eigenvalue weighted by Gasteiger charge is 2.40. The van der Waals surface area contributed by atoms with Crippen LogP contribution in [-0.4, -0.2) is 21.4 Å². The van der Waals surface area contributed by atoms with Crippen molar-refractivity contribution >= 4 is 39.3 Å². The van der Waals surface area contributed by atoms with Crippen LogP contribution in [0, 0.1) is 0 Å². The van der Waals surface area contributed by atoms with E-state index in [2.05, 4.69) is 39.9 Å². The van der Waals surface area contributed by atoms with Gasteiger partial charge in [0.2, 0.25) is 0 Å². The molecule has 5 nitrogen and oxygen atoms in total. The summed E-state index contributed by atoms with van der Waals surface area (Å²) in [6, 6.07) is 43.2. The van der Waals surface area contributed by atoms with E-state index in [9.17, 15) is 9.59 Å². The second-order valence-electron chi connectivity index (χ2n) is 10.3. The highest BCUT2D eigenvalue weighted by Crippen LogP contribution is 2.40. The number of benzene rings is 5. The molecule has 0 saturated carbocycles. The maximum Gasteiger partial charge on any atom is 0.268 e. The molecule has 2 amide bonds. The van der Waals surface area contributed by atoms with E-state index in [4.69, 9.17) is 0 Å². The fourth-order valence-corrected chi connectivity index (χ4v) is 6.13. The molecule has 198 valence electrons. The van der Waals surface area contributed by atoms with Crippen LogP contribution in [0.25, 0.3) is 49.9 Å². The van der Waals surface area contributed by atoms with Gasteiger partial charge >= 0.3 is 0 Å². The number of aromatic nitrogens is 2. The molecule has 7 aromatic rings. The molecule has 5 aromatic carbocycles. The van der Waals surface area contributed by atoms with Crippen molar-refractivity contribution < 1.29 is 9.59 Å². The number of amides is 2. The summed E-state index contributed by atoms with van der Waals surface area (Å²) in [5.74, 6) is -0.650. The van der Waals surface area contributed by atoms with E-state index in [0.717, 1.165) is 44.2 Å². The van der Waals surface area contributed by atoms with Crippen molar-refractivity contribution in [2.45, 2.75) is 0 Å².